The van der Waals surface area contributed by atoms with Crippen LogP contribution >= 0.6 is 0 Å². The summed E-state index contributed by atoms with van der Waals surface area (Å²) >= 11 is 0. The fraction of sp³-hybridized carbons (Fsp3) is 0.400. The highest BCUT2D eigenvalue weighted by Crippen LogP contribution is 2.26. The molecule has 0 radical (unpaired) electrons. The summed E-state index contributed by atoms with van der Waals surface area (Å²) in [6, 6.07) is 10.1. The highest BCUT2D eigenvalue weighted by molar-refractivity contribution is 6.00. The van der Waals surface area contributed by atoms with Crippen LogP contribution in [0.5, 0.6) is 0 Å². The standard InChI is InChI=1S/C25H30FN3O4/c1-15-8-7-11-20-18(15)14-21(23(31)28-20)27-22(30)13-17(29(24(32)33)25(2,3)4)12-16-9-5-6-10-19(16)26/h5-11,17,21H,12-14H2,1-4H3,(H,27,30)(H,28,31)(H,32,33)/t17-,21?/m1/s1. The molecule has 33 heavy (non-hydrogen) atoms. The number of fused-ring (bicyclic) bond motifs is 1. The summed E-state index contributed by atoms with van der Waals surface area (Å²) in [6.07, 6.45) is -1.03. The van der Waals surface area contributed by atoms with E-state index in [1.54, 1.807) is 39.0 Å². The van der Waals surface area contributed by atoms with Gasteiger partial charge in [0, 0.05) is 30.1 Å². The zero-order valence-electron chi connectivity index (χ0n) is 19.3. The van der Waals surface area contributed by atoms with Crippen molar-refractivity contribution < 1.29 is 23.9 Å². The molecule has 2 aromatic carbocycles. The zero-order valence-corrected chi connectivity index (χ0v) is 19.3. The van der Waals surface area contributed by atoms with Crippen molar-refractivity contribution >= 4 is 23.6 Å². The molecule has 3 N–H and O–H groups in total. The molecule has 8 heteroatoms. The molecule has 2 aromatic rings. The van der Waals surface area contributed by atoms with Crippen molar-refractivity contribution in [3.8, 4) is 0 Å². The van der Waals surface area contributed by atoms with Gasteiger partial charge < -0.3 is 15.7 Å². The van der Waals surface area contributed by atoms with Gasteiger partial charge in [-0.15, -0.1) is 0 Å². The van der Waals surface area contributed by atoms with Crippen molar-refractivity contribution in [3.05, 3.63) is 65.0 Å². The lowest BCUT2D eigenvalue weighted by Crippen LogP contribution is -2.54. The summed E-state index contributed by atoms with van der Waals surface area (Å²) < 4.78 is 14.3. The average molecular weight is 456 g/mol. The van der Waals surface area contributed by atoms with E-state index in [0.717, 1.165) is 16.8 Å². The van der Waals surface area contributed by atoms with Gasteiger partial charge in [0.15, 0.2) is 0 Å². The second-order valence-electron chi connectivity index (χ2n) is 9.39. The van der Waals surface area contributed by atoms with E-state index in [1.807, 2.05) is 25.1 Å². The van der Waals surface area contributed by atoms with E-state index in [0.29, 0.717) is 12.0 Å². The van der Waals surface area contributed by atoms with E-state index in [1.165, 1.54) is 11.0 Å². The van der Waals surface area contributed by atoms with E-state index < -0.39 is 35.4 Å². The summed E-state index contributed by atoms with van der Waals surface area (Å²) in [5.74, 6) is -1.25. The molecule has 176 valence electrons. The Labute approximate surface area is 193 Å². The second kappa shape index (κ2) is 9.60. The van der Waals surface area contributed by atoms with Crippen LogP contribution in [0, 0.1) is 12.7 Å². The third-order valence-electron chi connectivity index (χ3n) is 5.86. The van der Waals surface area contributed by atoms with Crippen LogP contribution in [0.2, 0.25) is 0 Å². The monoisotopic (exact) mass is 455 g/mol. The molecule has 2 atom stereocenters. The quantitative estimate of drug-likeness (QED) is 0.615. The van der Waals surface area contributed by atoms with Gasteiger partial charge >= 0.3 is 6.09 Å². The summed E-state index contributed by atoms with van der Waals surface area (Å²) in [6.45, 7) is 7.11. The molecule has 0 aromatic heterocycles. The molecule has 1 heterocycles. The topological polar surface area (TPSA) is 98.7 Å². The predicted molar refractivity (Wildman–Crippen MR) is 124 cm³/mol. The number of anilines is 1. The van der Waals surface area contributed by atoms with Crippen molar-refractivity contribution in [3.63, 3.8) is 0 Å². The van der Waals surface area contributed by atoms with Crippen LogP contribution in [-0.4, -0.2) is 45.5 Å². The minimum Gasteiger partial charge on any atom is -0.465 e. The van der Waals surface area contributed by atoms with Gasteiger partial charge in [0.05, 0.1) is 0 Å². The summed E-state index contributed by atoms with van der Waals surface area (Å²) in [5, 5.41) is 15.4. The number of carbonyl (C=O) groups excluding carboxylic acids is 2. The maximum Gasteiger partial charge on any atom is 0.408 e. The number of carbonyl (C=O) groups is 3. The van der Waals surface area contributed by atoms with Crippen LogP contribution in [0.3, 0.4) is 0 Å². The molecule has 0 aliphatic carbocycles. The van der Waals surface area contributed by atoms with Crippen LogP contribution in [0.4, 0.5) is 14.9 Å². The fourth-order valence-corrected chi connectivity index (χ4v) is 4.35. The molecule has 1 unspecified atom stereocenters. The van der Waals surface area contributed by atoms with Crippen molar-refractivity contribution in [1.29, 1.82) is 0 Å². The SMILES string of the molecule is Cc1cccc2c1CC(NC(=O)C[C@@H](Cc1ccccc1F)N(C(=O)O)C(C)(C)C)C(=O)N2. The molecule has 0 spiro atoms. The molecule has 1 aliphatic heterocycles. The Morgan fingerprint density at radius 3 is 2.55 bits per heavy atom. The molecule has 3 amide bonds. The maximum atomic E-state index is 14.3. The van der Waals surface area contributed by atoms with E-state index in [-0.39, 0.29) is 18.7 Å². The number of rotatable bonds is 6. The van der Waals surface area contributed by atoms with E-state index in [9.17, 15) is 23.9 Å². The van der Waals surface area contributed by atoms with Crippen LogP contribution in [-0.2, 0) is 22.4 Å². The molecule has 3 rings (SSSR count). The first-order valence-electron chi connectivity index (χ1n) is 10.9. The van der Waals surface area contributed by atoms with E-state index >= 15 is 0 Å². The number of nitrogens with one attached hydrogen (secondary N) is 2. The van der Waals surface area contributed by atoms with Gasteiger partial charge in [0.2, 0.25) is 11.8 Å². The molecule has 0 saturated heterocycles. The average Bonchev–Trinajstić information content (AvgIpc) is 2.69. The minimum absolute atomic E-state index is 0.0302. The number of halogens is 1. The normalized spacial score (nSPS) is 16.4. The summed E-state index contributed by atoms with van der Waals surface area (Å²) in [4.78, 5) is 38.8. The Morgan fingerprint density at radius 2 is 1.91 bits per heavy atom. The third kappa shape index (κ3) is 5.69. The summed E-state index contributed by atoms with van der Waals surface area (Å²) in [7, 11) is 0. The lowest BCUT2D eigenvalue weighted by atomic mass is 9.93. The lowest BCUT2D eigenvalue weighted by molar-refractivity contribution is -0.127. The molecular weight excluding hydrogens is 425 g/mol. The third-order valence-corrected chi connectivity index (χ3v) is 5.86. The van der Waals surface area contributed by atoms with Gasteiger partial charge in [0.25, 0.3) is 0 Å². The molecule has 0 bridgehead atoms. The smallest absolute Gasteiger partial charge is 0.408 e. The Bertz CT molecular complexity index is 1060. The van der Waals surface area contributed by atoms with Crippen molar-refractivity contribution in [1.82, 2.24) is 10.2 Å². The Morgan fingerprint density at radius 1 is 1.21 bits per heavy atom. The highest BCUT2D eigenvalue weighted by atomic mass is 19.1. The number of carboxylic acid groups (broad SMARTS) is 1. The van der Waals surface area contributed by atoms with Gasteiger partial charge in [-0.25, -0.2) is 9.18 Å². The fourth-order valence-electron chi connectivity index (χ4n) is 4.35. The van der Waals surface area contributed by atoms with Crippen molar-refractivity contribution in [2.75, 3.05) is 5.32 Å². The van der Waals surface area contributed by atoms with Gasteiger partial charge in [-0.3, -0.25) is 14.5 Å². The maximum absolute atomic E-state index is 14.3. The Balaban J connectivity index is 1.81. The molecule has 0 fully saturated rings. The first kappa shape index (κ1) is 24.2. The summed E-state index contributed by atoms with van der Waals surface area (Å²) in [5.41, 5.74) is 2.19. The van der Waals surface area contributed by atoms with Crippen molar-refractivity contribution in [2.45, 2.75) is 64.6 Å². The predicted octanol–water partition coefficient (Wildman–Crippen LogP) is 3.89. The molecular formula is C25H30FN3O4. The zero-order chi connectivity index (χ0) is 24.3. The highest BCUT2D eigenvalue weighted by Gasteiger charge is 2.36. The molecule has 1 aliphatic rings. The van der Waals surface area contributed by atoms with E-state index in [4.69, 9.17) is 0 Å². The van der Waals surface area contributed by atoms with Gasteiger partial charge in [-0.1, -0.05) is 30.3 Å². The number of hydrogen-bond acceptors (Lipinski definition) is 3. The number of amides is 3. The van der Waals surface area contributed by atoms with E-state index in [2.05, 4.69) is 10.6 Å². The van der Waals surface area contributed by atoms with Gasteiger partial charge in [0.1, 0.15) is 11.9 Å². The first-order chi connectivity index (χ1) is 15.5. The number of benzene rings is 2. The Kier molecular flexibility index (Phi) is 7.05. The number of hydrogen-bond donors (Lipinski definition) is 3. The molecule has 7 nitrogen and oxygen atoms in total. The van der Waals surface area contributed by atoms with Gasteiger partial charge in [-0.2, -0.15) is 0 Å². The van der Waals surface area contributed by atoms with Gasteiger partial charge in [-0.05, 0) is 62.9 Å². The largest absolute Gasteiger partial charge is 0.465 e. The van der Waals surface area contributed by atoms with Crippen LogP contribution in [0.1, 0.15) is 43.9 Å². The van der Waals surface area contributed by atoms with Crippen LogP contribution < -0.4 is 10.6 Å². The Hall–Kier alpha value is -3.42. The second-order valence-corrected chi connectivity index (χ2v) is 9.39. The lowest BCUT2D eigenvalue weighted by Gasteiger charge is -2.40. The number of aryl methyl sites for hydroxylation is 1. The molecule has 0 saturated carbocycles. The van der Waals surface area contributed by atoms with Crippen LogP contribution in [0.25, 0.3) is 0 Å². The minimum atomic E-state index is -1.20. The van der Waals surface area contributed by atoms with Crippen molar-refractivity contribution in [2.24, 2.45) is 0 Å². The first-order valence-corrected chi connectivity index (χ1v) is 10.9. The van der Waals surface area contributed by atoms with Crippen LogP contribution in [0.15, 0.2) is 42.5 Å². The number of nitrogens with zero attached hydrogens (tertiary/aromatic N) is 1.